The molecule has 2 rings (SSSR count). The van der Waals surface area contributed by atoms with Crippen molar-refractivity contribution < 1.29 is 9.53 Å². The van der Waals surface area contributed by atoms with E-state index in [1.165, 1.54) is 7.11 Å². The molecule has 0 aromatic heterocycles. The maximum absolute atomic E-state index is 11.8. The normalized spacial score (nSPS) is 14.1. The first-order chi connectivity index (χ1) is 9.19. The molecular formula is C16H19NO2. The predicted molar refractivity (Wildman–Crippen MR) is 76.7 cm³/mol. The summed E-state index contributed by atoms with van der Waals surface area (Å²) in [5.74, 6) is -0.557. The highest BCUT2D eigenvalue weighted by Crippen LogP contribution is 2.29. The molecule has 0 heterocycles. The topological polar surface area (TPSA) is 52.3 Å². The Bertz CT molecular complexity index is 574. The molecule has 2 atom stereocenters. The highest BCUT2D eigenvalue weighted by atomic mass is 16.5. The fourth-order valence-electron chi connectivity index (χ4n) is 2.48. The minimum absolute atomic E-state index is 0.247. The molecule has 0 fully saturated rings. The molecule has 0 amide bonds. The summed E-state index contributed by atoms with van der Waals surface area (Å²) in [5, 5.41) is 2.23. The van der Waals surface area contributed by atoms with Gasteiger partial charge >= 0.3 is 5.97 Å². The standard InChI is InChI=1S/C16H19NO2/c1-3-12(16(18)19-2)15(17)14-10-6-8-11-7-4-5-9-13(11)14/h4-10,12,15H,3,17H2,1-2H3. The van der Waals surface area contributed by atoms with Crippen LogP contribution in [0.4, 0.5) is 0 Å². The van der Waals surface area contributed by atoms with Crippen LogP contribution in [0.25, 0.3) is 10.8 Å². The summed E-state index contributed by atoms with van der Waals surface area (Å²) in [6.45, 7) is 1.95. The van der Waals surface area contributed by atoms with Crippen molar-refractivity contribution in [3.63, 3.8) is 0 Å². The summed E-state index contributed by atoms with van der Waals surface area (Å²) in [5.41, 5.74) is 7.29. The molecule has 2 aromatic rings. The average molecular weight is 257 g/mol. The van der Waals surface area contributed by atoms with Crippen LogP contribution in [-0.4, -0.2) is 13.1 Å². The monoisotopic (exact) mass is 257 g/mol. The van der Waals surface area contributed by atoms with Crippen molar-refractivity contribution in [3.05, 3.63) is 48.0 Å². The van der Waals surface area contributed by atoms with E-state index in [1.54, 1.807) is 0 Å². The van der Waals surface area contributed by atoms with E-state index in [4.69, 9.17) is 10.5 Å². The van der Waals surface area contributed by atoms with E-state index in [1.807, 2.05) is 49.4 Å². The maximum atomic E-state index is 11.8. The molecule has 0 saturated heterocycles. The number of carbonyl (C=O) groups excluding carboxylic acids is 1. The van der Waals surface area contributed by atoms with Crippen LogP contribution in [0.2, 0.25) is 0 Å². The minimum Gasteiger partial charge on any atom is -0.469 e. The lowest BCUT2D eigenvalue weighted by molar-refractivity contribution is -0.146. The van der Waals surface area contributed by atoms with Gasteiger partial charge in [0.1, 0.15) is 0 Å². The number of carbonyl (C=O) groups is 1. The Morgan fingerprint density at radius 2 is 1.89 bits per heavy atom. The predicted octanol–water partition coefficient (Wildman–Crippen LogP) is 3.04. The molecule has 0 spiro atoms. The summed E-state index contributed by atoms with van der Waals surface area (Å²) in [4.78, 5) is 11.8. The first kappa shape index (κ1) is 13.6. The van der Waals surface area contributed by atoms with Crippen molar-refractivity contribution in [2.24, 2.45) is 11.7 Å². The Hall–Kier alpha value is -1.87. The van der Waals surface area contributed by atoms with E-state index in [0.717, 1.165) is 16.3 Å². The van der Waals surface area contributed by atoms with Gasteiger partial charge in [0, 0.05) is 6.04 Å². The van der Waals surface area contributed by atoms with Crippen molar-refractivity contribution in [1.82, 2.24) is 0 Å². The average Bonchev–Trinajstić information content (AvgIpc) is 2.47. The number of nitrogens with two attached hydrogens (primary N) is 1. The second kappa shape index (κ2) is 5.85. The number of methoxy groups -OCH3 is 1. The molecule has 0 aliphatic rings. The van der Waals surface area contributed by atoms with Gasteiger partial charge < -0.3 is 10.5 Å². The van der Waals surface area contributed by atoms with Gasteiger partial charge in [0.15, 0.2) is 0 Å². The minimum atomic E-state index is -0.344. The van der Waals surface area contributed by atoms with Crippen molar-refractivity contribution in [2.75, 3.05) is 7.11 Å². The summed E-state index contributed by atoms with van der Waals surface area (Å²) >= 11 is 0. The van der Waals surface area contributed by atoms with Crippen LogP contribution >= 0.6 is 0 Å². The zero-order valence-electron chi connectivity index (χ0n) is 11.3. The Labute approximate surface area is 113 Å². The zero-order chi connectivity index (χ0) is 13.8. The van der Waals surface area contributed by atoms with Crippen molar-refractivity contribution in [3.8, 4) is 0 Å². The zero-order valence-corrected chi connectivity index (χ0v) is 11.3. The lowest BCUT2D eigenvalue weighted by atomic mass is 9.88. The molecule has 0 saturated carbocycles. The third-order valence-corrected chi connectivity index (χ3v) is 3.56. The highest BCUT2D eigenvalue weighted by molar-refractivity contribution is 5.87. The molecular weight excluding hydrogens is 238 g/mol. The molecule has 0 radical (unpaired) electrons. The van der Waals surface area contributed by atoms with Gasteiger partial charge in [-0.25, -0.2) is 0 Å². The summed E-state index contributed by atoms with van der Waals surface area (Å²) < 4.78 is 4.84. The molecule has 3 heteroatoms. The smallest absolute Gasteiger partial charge is 0.310 e. The Balaban J connectivity index is 2.46. The second-order valence-corrected chi connectivity index (χ2v) is 4.63. The van der Waals surface area contributed by atoms with E-state index in [2.05, 4.69) is 0 Å². The Morgan fingerprint density at radius 3 is 2.58 bits per heavy atom. The van der Waals surface area contributed by atoms with Crippen LogP contribution in [-0.2, 0) is 9.53 Å². The Kier molecular flexibility index (Phi) is 4.17. The van der Waals surface area contributed by atoms with Crippen LogP contribution in [0.15, 0.2) is 42.5 Å². The summed E-state index contributed by atoms with van der Waals surface area (Å²) in [6.07, 6.45) is 0.664. The van der Waals surface area contributed by atoms with Gasteiger partial charge in [0.25, 0.3) is 0 Å². The molecule has 0 bridgehead atoms. The molecule has 0 aliphatic heterocycles. The number of benzene rings is 2. The van der Waals surface area contributed by atoms with E-state index in [-0.39, 0.29) is 17.9 Å². The molecule has 2 unspecified atom stereocenters. The number of rotatable bonds is 4. The first-order valence-electron chi connectivity index (χ1n) is 6.50. The van der Waals surface area contributed by atoms with Crippen LogP contribution in [0.3, 0.4) is 0 Å². The lowest BCUT2D eigenvalue weighted by Crippen LogP contribution is -2.29. The van der Waals surface area contributed by atoms with E-state index < -0.39 is 0 Å². The third kappa shape index (κ3) is 2.61. The summed E-state index contributed by atoms with van der Waals surface area (Å²) in [7, 11) is 1.40. The van der Waals surface area contributed by atoms with Gasteiger partial charge in [-0.1, -0.05) is 49.4 Å². The van der Waals surface area contributed by atoms with Crippen LogP contribution in [0.5, 0.6) is 0 Å². The third-order valence-electron chi connectivity index (χ3n) is 3.56. The van der Waals surface area contributed by atoms with E-state index in [0.29, 0.717) is 6.42 Å². The first-order valence-corrected chi connectivity index (χ1v) is 6.50. The van der Waals surface area contributed by atoms with Gasteiger partial charge in [-0.3, -0.25) is 4.79 Å². The number of fused-ring (bicyclic) bond motifs is 1. The van der Waals surface area contributed by atoms with Crippen LogP contribution in [0.1, 0.15) is 24.9 Å². The van der Waals surface area contributed by atoms with Crippen molar-refractivity contribution in [1.29, 1.82) is 0 Å². The SMILES string of the molecule is CCC(C(=O)OC)C(N)c1cccc2ccccc12. The van der Waals surface area contributed by atoms with Gasteiger partial charge in [0.2, 0.25) is 0 Å². The largest absolute Gasteiger partial charge is 0.469 e. The van der Waals surface area contributed by atoms with Gasteiger partial charge in [-0.15, -0.1) is 0 Å². The molecule has 100 valence electrons. The quantitative estimate of drug-likeness (QED) is 0.856. The molecule has 0 aliphatic carbocycles. The Morgan fingerprint density at radius 1 is 1.21 bits per heavy atom. The molecule has 3 nitrogen and oxygen atoms in total. The van der Waals surface area contributed by atoms with Gasteiger partial charge in [-0.2, -0.15) is 0 Å². The lowest BCUT2D eigenvalue weighted by Gasteiger charge is -2.22. The second-order valence-electron chi connectivity index (χ2n) is 4.63. The number of esters is 1. The number of hydrogen-bond acceptors (Lipinski definition) is 3. The fourth-order valence-corrected chi connectivity index (χ4v) is 2.48. The maximum Gasteiger partial charge on any atom is 0.310 e. The number of ether oxygens (including phenoxy) is 1. The van der Waals surface area contributed by atoms with E-state index >= 15 is 0 Å². The van der Waals surface area contributed by atoms with Gasteiger partial charge in [0.05, 0.1) is 13.0 Å². The molecule has 19 heavy (non-hydrogen) atoms. The van der Waals surface area contributed by atoms with Crippen LogP contribution < -0.4 is 5.73 Å². The molecule has 2 N–H and O–H groups in total. The van der Waals surface area contributed by atoms with Crippen molar-refractivity contribution in [2.45, 2.75) is 19.4 Å². The molecule has 2 aromatic carbocycles. The van der Waals surface area contributed by atoms with Gasteiger partial charge in [-0.05, 0) is 22.8 Å². The summed E-state index contributed by atoms with van der Waals surface area (Å²) in [6, 6.07) is 13.7. The fraction of sp³-hybridized carbons (Fsp3) is 0.312. The van der Waals surface area contributed by atoms with E-state index in [9.17, 15) is 4.79 Å². The highest BCUT2D eigenvalue weighted by Gasteiger charge is 2.26. The number of hydrogen-bond donors (Lipinski definition) is 1. The van der Waals surface area contributed by atoms with Crippen LogP contribution in [0, 0.1) is 5.92 Å². The van der Waals surface area contributed by atoms with Crippen molar-refractivity contribution >= 4 is 16.7 Å².